The molecule has 1 fully saturated rings. The molecule has 0 aromatic rings. The Morgan fingerprint density at radius 1 is 1.40 bits per heavy atom. The van der Waals surface area contributed by atoms with Gasteiger partial charge in [0.1, 0.15) is 12.1 Å². The summed E-state index contributed by atoms with van der Waals surface area (Å²) in [6.07, 6.45) is 0. The van der Waals surface area contributed by atoms with Gasteiger partial charge in [0, 0.05) is 7.05 Å². The van der Waals surface area contributed by atoms with Crippen molar-refractivity contribution in [3.8, 4) is 0 Å². The Hall–Kier alpha value is -1.00. The molecule has 0 spiro atoms. The fourth-order valence-corrected chi connectivity index (χ4v) is 2.19. The Balaban J connectivity index is 2.98. The third kappa shape index (κ3) is 1.75. The van der Waals surface area contributed by atoms with Gasteiger partial charge in [0.05, 0.1) is 0 Å². The molecule has 1 heterocycles. The molecule has 1 unspecified atom stereocenters. The van der Waals surface area contributed by atoms with Gasteiger partial charge in [-0.25, -0.2) is 4.79 Å². The van der Waals surface area contributed by atoms with E-state index >= 15 is 0 Å². The molecule has 1 aliphatic heterocycles. The van der Waals surface area contributed by atoms with Crippen molar-refractivity contribution in [2.45, 2.75) is 26.3 Å². The predicted molar refractivity (Wildman–Crippen MR) is 53.3 cm³/mol. The van der Waals surface area contributed by atoms with Gasteiger partial charge in [-0.1, -0.05) is 0 Å². The van der Waals surface area contributed by atoms with Crippen molar-refractivity contribution < 1.29 is 18.7 Å². The number of imide groups is 1. The highest BCUT2D eigenvalue weighted by Crippen LogP contribution is 2.38. The number of amides is 3. The average molecular weight is 233 g/mol. The van der Waals surface area contributed by atoms with Crippen molar-refractivity contribution in [2.75, 3.05) is 13.7 Å². The minimum atomic E-state index is -2.40. The smallest absolute Gasteiger partial charge is 0.310 e. The molecule has 0 aromatic carbocycles. The van der Waals surface area contributed by atoms with Crippen molar-refractivity contribution >= 4 is 20.1 Å². The summed E-state index contributed by atoms with van der Waals surface area (Å²) in [6, 6.07) is -0.584. The molecule has 0 radical (unpaired) electrons. The van der Waals surface area contributed by atoms with Gasteiger partial charge in [0.25, 0.3) is 0 Å². The first-order valence-corrected chi connectivity index (χ1v) is 5.69. The second kappa shape index (κ2) is 3.87. The van der Waals surface area contributed by atoms with Gasteiger partial charge >= 0.3 is 20.1 Å². The van der Waals surface area contributed by atoms with Gasteiger partial charge < -0.3 is 4.90 Å². The van der Waals surface area contributed by atoms with Crippen LogP contribution in [0.3, 0.4) is 0 Å². The molecular formula is C8H14N2O4P+. The van der Waals surface area contributed by atoms with Crippen LogP contribution >= 0.6 is 8.18 Å². The molecule has 0 bridgehead atoms. The zero-order chi connectivity index (χ0) is 11.8. The third-order valence-corrected chi connectivity index (χ3v) is 3.58. The number of carbonyl (C=O) groups is 2. The lowest BCUT2D eigenvalue weighted by Gasteiger charge is -2.21. The third-order valence-electron chi connectivity index (χ3n) is 2.43. The van der Waals surface area contributed by atoms with Crippen LogP contribution in [0.2, 0.25) is 0 Å². The van der Waals surface area contributed by atoms with Crippen LogP contribution < -0.4 is 0 Å². The summed E-state index contributed by atoms with van der Waals surface area (Å²) in [6.45, 7) is 5.04. The summed E-state index contributed by atoms with van der Waals surface area (Å²) < 4.78 is 16.9. The van der Waals surface area contributed by atoms with Crippen molar-refractivity contribution in [3.63, 3.8) is 0 Å². The van der Waals surface area contributed by atoms with Gasteiger partial charge in [0.15, 0.2) is 0 Å². The van der Waals surface area contributed by atoms with Crippen molar-refractivity contribution in [1.29, 1.82) is 0 Å². The molecule has 0 saturated carbocycles. The standard InChI is InChI=1S/C8H14N2O4P/c1-5-14-15(13)10-6(11)8(2,3)9(4)7(10)12/h5H2,1-4H3/q+1. The number of hydrogen-bond donors (Lipinski definition) is 0. The van der Waals surface area contributed by atoms with E-state index in [-0.39, 0.29) is 6.61 Å². The largest absolute Gasteiger partial charge is 0.658 e. The highest BCUT2D eigenvalue weighted by Gasteiger charge is 2.59. The van der Waals surface area contributed by atoms with E-state index in [1.807, 2.05) is 0 Å². The summed E-state index contributed by atoms with van der Waals surface area (Å²) >= 11 is 0. The van der Waals surface area contributed by atoms with E-state index < -0.39 is 25.7 Å². The van der Waals surface area contributed by atoms with E-state index in [4.69, 9.17) is 4.52 Å². The van der Waals surface area contributed by atoms with Gasteiger partial charge in [-0.05, 0) is 30.0 Å². The molecule has 0 N–H and O–H groups in total. The van der Waals surface area contributed by atoms with Crippen molar-refractivity contribution in [1.82, 2.24) is 9.57 Å². The summed E-state index contributed by atoms with van der Waals surface area (Å²) in [5.74, 6) is -0.496. The Morgan fingerprint density at radius 3 is 2.27 bits per heavy atom. The first kappa shape index (κ1) is 12.1. The normalized spacial score (nSPS) is 21.2. The molecular weight excluding hydrogens is 219 g/mol. The molecule has 1 atom stereocenters. The lowest BCUT2D eigenvalue weighted by atomic mass is 10.1. The lowest BCUT2D eigenvalue weighted by molar-refractivity contribution is -0.128. The van der Waals surface area contributed by atoms with E-state index in [1.54, 1.807) is 20.8 Å². The molecule has 0 aliphatic carbocycles. The average Bonchev–Trinajstić information content (AvgIpc) is 2.29. The highest BCUT2D eigenvalue weighted by atomic mass is 31.1. The second-order valence-electron chi connectivity index (χ2n) is 3.67. The van der Waals surface area contributed by atoms with Crippen LogP contribution in [-0.2, 0) is 13.9 Å². The monoisotopic (exact) mass is 233 g/mol. The SMILES string of the molecule is CCO[P+](=O)N1C(=O)N(C)C(C)(C)C1=O. The van der Waals surface area contributed by atoms with E-state index in [2.05, 4.69) is 0 Å². The Morgan fingerprint density at radius 2 is 1.93 bits per heavy atom. The van der Waals surface area contributed by atoms with Crippen LogP contribution in [0.25, 0.3) is 0 Å². The molecule has 84 valence electrons. The minimum absolute atomic E-state index is 0.191. The molecule has 1 saturated heterocycles. The van der Waals surface area contributed by atoms with Gasteiger partial charge in [-0.2, -0.15) is 0 Å². The maximum atomic E-state index is 11.8. The van der Waals surface area contributed by atoms with Crippen LogP contribution in [0.15, 0.2) is 0 Å². The summed E-state index contributed by atoms with van der Waals surface area (Å²) in [7, 11) is -0.908. The van der Waals surface area contributed by atoms with E-state index in [0.717, 1.165) is 0 Å². The molecule has 0 aromatic heterocycles. The van der Waals surface area contributed by atoms with Gasteiger partial charge in [-0.3, -0.25) is 4.79 Å². The van der Waals surface area contributed by atoms with E-state index in [9.17, 15) is 14.2 Å². The number of hydrogen-bond acceptors (Lipinski definition) is 4. The fraction of sp³-hybridized carbons (Fsp3) is 0.750. The van der Waals surface area contributed by atoms with Gasteiger partial charge in [-0.15, -0.1) is 4.52 Å². The zero-order valence-electron chi connectivity index (χ0n) is 9.18. The molecule has 6 nitrogen and oxygen atoms in total. The molecule has 1 rings (SSSR count). The van der Waals surface area contributed by atoms with Crippen molar-refractivity contribution in [3.05, 3.63) is 0 Å². The first-order chi connectivity index (χ1) is 6.84. The Labute approximate surface area is 89.1 Å². The number of likely N-dealkylation sites (N-methyl/N-ethyl adjacent to an activating group) is 1. The van der Waals surface area contributed by atoms with E-state index in [1.165, 1.54) is 11.9 Å². The lowest BCUT2D eigenvalue weighted by Crippen LogP contribution is -2.41. The molecule has 7 heteroatoms. The zero-order valence-corrected chi connectivity index (χ0v) is 10.1. The topological polar surface area (TPSA) is 66.9 Å². The van der Waals surface area contributed by atoms with E-state index in [0.29, 0.717) is 4.67 Å². The maximum Gasteiger partial charge on any atom is 0.658 e. The quantitative estimate of drug-likeness (QED) is 0.545. The van der Waals surface area contributed by atoms with Gasteiger partial charge in [0.2, 0.25) is 0 Å². The molecule has 3 amide bonds. The number of carbonyl (C=O) groups excluding carboxylic acids is 2. The molecule has 15 heavy (non-hydrogen) atoms. The van der Waals surface area contributed by atoms with Crippen LogP contribution in [-0.4, -0.2) is 40.7 Å². The first-order valence-electron chi connectivity index (χ1n) is 4.56. The summed E-state index contributed by atoms with van der Waals surface area (Å²) in [4.78, 5) is 24.6. The Kier molecular flexibility index (Phi) is 3.11. The van der Waals surface area contributed by atoms with Crippen LogP contribution in [0.5, 0.6) is 0 Å². The summed E-state index contributed by atoms with van der Waals surface area (Å²) in [5, 5.41) is 0. The predicted octanol–water partition coefficient (Wildman–Crippen LogP) is 1.35. The number of rotatable bonds is 3. The van der Waals surface area contributed by atoms with Crippen molar-refractivity contribution in [2.24, 2.45) is 0 Å². The highest BCUT2D eigenvalue weighted by molar-refractivity contribution is 7.38. The second-order valence-corrected chi connectivity index (χ2v) is 4.81. The Bertz CT molecular complexity index is 329. The van der Waals surface area contributed by atoms with Crippen LogP contribution in [0.4, 0.5) is 4.79 Å². The molecule has 1 aliphatic rings. The number of urea groups is 1. The maximum absolute atomic E-state index is 11.8. The number of nitrogens with zero attached hydrogens (tertiary/aromatic N) is 2. The summed E-state index contributed by atoms with van der Waals surface area (Å²) in [5.41, 5.74) is -0.959. The fourth-order valence-electron chi connectivity index (χ4n) is 1.18. The van der Waals surface area contributed by atoms with Crippen LogP contribution in [0, 0.1) is 0 Å². The minimum Gasteiger partial charge on any atom is -0.310 e. The van der Waals surface area contributed by atoms with Crippen LogP contribution in [0.1, 0.15) is 20.8 Å².